The lowest BCUT2D eigenvalue weighted by molar-refractivity contribution is -0.139. The molecule has 0 radical (unpaired) electrons. The molecule has 66 heavy (non-hydrogen) atoms. The van der Waals surface area contributed by atoms with Gasteiger partial charge in [0.1, 0.15) is 12.4 Å². The molecule has 0 bridgehead atoms. The van der Waals surface area contributed by atoms with Crippen LogP contribution >= 0.6 is 22.6 Å². The Morgan fingerprint density at radius 3 is 1.55 bits per heavy atom. The van der Waals surface area contributed by atoms with E-state index in [4.69, 9.17) is 66.7 Å². The molecule has 1 aromatic rings. The molecule has 1 aliphatic rings. The Balaban J connectivity index is 1.31. The number of urea groups is 1. The topological polar surface area (TPSA) is 256 Å². The van der Waals surface area contributed by atoms with E-state index in [0.29, 0.717) is 130 Å². The monoisotopic (exact) mass is 1060 g/mol. The summed E-state index contributed by atoms with van der Waals surface area (Å²) in [7, 11) is 2.94. The zero-order chi connectivity index (χ0) is 47.9. The second-order valence-electron chi connectivity index (χ2n) is 13.7. The summed E-state index contributed by atoms with van der Waals surface area (Å²) in [6, 6.07) is 4.84. The highest BCUT2D eigenvalue weighted by Crippen LogP contribution is 2.32. The summed E-state index contributed by atoms with van der Waals surface area (Å²) in [5.74, 6) is -1.66. The lowest BCUT2D eigenvalue weighted by Gasteiger charge is -2.35. The third-order valence-corrected chi connectivity index (χ3v) is 9.47. The normalized spacial score (nSPS) is 13.3. The number of hydrogen-bond acceptors (Lipinski definition) is 18. The molecule has 2 rings (SSSR count). The molecule has 0 spiro atoms. The van der Waals surface area contributed by atoms with Crippen molar-refractivity contribution in [3.63, 3.8) is 0 Å². The van der Waals surface area contributed by atoms with Gasteiger partial charge in [-0.3, -0.25) is 24.1 Å². The smallest absolute Gasteiger partial charge is 0.332 e. The highest BCUT2D eigenvalue weighted by molar-refractivity contribution is 14.1. The maximum absolute atomic E-state index is 13.3. The number of amides is 5. The summed E-state index contributed by atoms with van der Waals surface area (Å²) in [4.78, 5) is 63.1. The third kappa shape index (κ3) is 28.7. The minimum Gasteiger partial charge on any atom is -0.495 e. The van der Waals surface area contributed by atoms with E-state index in [-0.39, 0.29) is 71.4 Å². The van der Waals surface area contributed by atoms with Gasteiger partial charge in [-0.05, 0) is 40.8 Å². The van der Waals surface area contributed by atoms with Gasteiger partial charge in [0.2, 0.25) is 11.8 Å². The van der Waals surface area contributed by atoms with Crippen LogP contribution in [0, 0.1) is 3.57 Å². The standard InChI is InChI=1S/C42H69IN4O19/c1-54-32-37(41(52)45-33-47-39(49)6-9-46(42(47)53)35-31-34(43)3-4-36(35)55-2)66-30-29-65-28-27-64-26-25-63-24-23-62-22-21-61-20-19-60-18-17-59-16-15-58-14-13-57-12-11-56-10-7-38(48)44-8-5-40(50)51/h3-4,31,37H,5-30,32-33H2,1-2H3,(H,44,48)(H,45,52)(H,50,51)/t37-/m0/s1. The SMILES string of the molecule is COC[C@H](OCCOCCOCCOCCOCCOCCOCCOCCOCCOCCOCCC(=O)NCCC(=O)O)C(=O)NCN1C(=O)CCN(c2cc(I)ccc2OC)C1=O. The van der Waals surface area contributed by atoms with Crippen molar-refractivity contribution >= 4 is 58.0 Å². The van der Waals surface area contributed by atoms with Crippen molar-refractivity contribution in [3.05, 3.63) is 21.8 Å². The number of halogens is 1. The molecule has 1 fully saturated rings. The van der Waals surface area contributed by atoms with Gasteiger partial charge in [0, 0.05) is 36.6 Å². The predicted molar refractivity (Wildman–Crippen MR) is 243 cm³/mol. The molecule has 378 valence electrons. The molecule has 0 saturated carbocycles. The molecule has 1 aliphatic heterocycles. The van der Waals surface area contributed by atoms with Crippen LogP contribution in [0.2, 0.25) is 0 Å². The van der Waals surface area contributed by atoms with Crippen LogP contribution in [-0.2, 0) is 76.0 Å². The first kappa shape index (κ1) is 58.7. The Kier molecular flexibility index (Phi) is 35.2. The number of nitrogens with one attached hydrogen (secondary N) is 2. The summed E-state index contributed by atoms with van der Waals surface area (Å²) in [6.45, 7) is 7.82. The number of rotatable bonds is 44. The van der Waals surface area contributed by atoms with Gasteiger partial charge in [-0.1, -0.05) is 0 Å². The van der Waals surface area contributed by atoms with Crippen molar-refractivity contribution in [1.82, 2.24) is 15.5 Å². The van der Waals surface area contributed by atoms with E-state index in [1.807, 2.05) is 6.07 Å². The van der Waals surface area contributed by atoms with Crippen LogP contribution < -0.4 is 20.3 Å². The first-order valence-electron chi connectivity index (χ1n) is 21.8. The summed E-state index contributed by atoms with van der Waals surface area (Å²) < 4.78 is 71.7. The number of anilines is 1. The molecule has 0 aromatic heterocycles. The van der Waals surface area contributed by atoms with E-state index in [9.17, 15) is 24.0 Å². The molecular formula is C42H69IN4O19. The fraction of sp³-hybridized carbons (Fsp3) is 0.738. The van der Waals surface area contributed by atoms with Crippen LogP contribution in [0.1, 0.15) is 19.3 Å². The average molecular weight is 1060 g/mol. The molecule has 1 saturated heterocycles. The van der Waals surface area contributed by atoms with E-state index < -0.39 is 29.9 Å². The first-order chi connectivity index (χ1) is 32.2. The highest BCUT2D eigenvalue weighted by atomic mass is 127. The largest absolute Gasteiger partial charge is 0.495 e. The Bertz CT molecular complexity index is 1480. The molecule has 0 unspecified atom stereocenters. The number of carboxylic acid groups (broad SMARTS) is 1. The van der Waals surface area contributed by atoms with E-state index in [1.165, 1.54) is 19.1 Å². The van der Waals surface area contributed by atoms with Gasteiger partial charge in [0.25, 0.3) is 5.91 Å². The van der Waals surface area contributed by atoms with E-state index in [2.05, 4.69) is 33.2 Å². The molecule has 1 atom stereocenters. The molecule has 1 heterocycles. The quantitative estimate of drug-likeness (QED) is 0.0601. The zero-order valence-electron chi connectivity index (χ0n) is 38.2. The van der Waals surface area contributed by atoms with Crippen molar-refractivity contribution < 1.29 is 90.7 Å². The number of ether oxygens (including phenoxy) is 13. The maximum atomic E-state index is 13.3. The predicted octanol–water partition coefficient (Wildman–Crippen LogP) is 0.711. The van der Waals surface area contributed by atoms with Crippen molar-refractivity contribution in [2.75, 3.05) is 184 Å². The van der Waals surface area contributed by atoms with Gasteiger partial charge < -0.3 is 77.3 Å². The molecule has 24 heteroatoms. The molecule has 0 aliphatic carbocycles. The Labute approximate surface area is 400 Å². The number of carbonyl (C=O) groups is 5. The molecular weight excluding hydrogens is 991 g/mol. The van der Waals surface area contributed by atoms with Gasteiger partial charge in [0.15, 0.2) is 6.10 Å². The fourth-order valence-electron chi connectivity index (χ4n) is 5.46. The number of aliphatic carboxylic acids is 1. The molecule has 23 nitrogen and oxygen atoms in total. The number of carboxylic acids is 1. The van der Waals surface area contributed by atoms with Crippen molar-refractivity contribution in [2.45, 2.75) is 25.4 Å². The highest BCUT2D eigenvalue weighted by Gasteiger charge is 2.35. The van der Waals surface area contributed by atoms with Gasteiger partial charge >= 0.3 is 12.0 Å². The van der Waals surface area contributed by atoms with Gasteiger partial charge in [0.05, 0.1) is 165 Å². The first-order valence-corrected chi connectivity index (χ1v) is 22.8. The van der Waals surface area contributed by atoms with Crippen molar-refractivity contribution in [3.8, 4) is 5.75 Å². The van der Waals surface area contributed by atoms with Gasteiger partial charge in [-0.2, -0.15) is 0 Å². The Hall–Kier alpha value is -3.38. The fourth-order valence-corrected chi connectivity index (χ4v) is 5.93. The van der Waals surface area contributed by atoms with Crippen LogP contribution in [0.5, 0.6) is 5.75 Å². The molecule has 1 aromatic carbocycles. The lowest BCUT2D eigenvalue weighted by Crippen LogP contribution is -2.56. The van der Waals surface area contributed by atoms with Crippen LogP contribution in [0.15, 0.2) is 18.2 Å². The van der Waals surface area contributed by atoms with Gasteiger partial charge in [-0.15, -0.1) is 0 Å². The summed E-state index contributed by atoms with van der Waals surface area (Å²) >= 11 is 2.13. The van der Waals surface area contributed by atoms with Crippen LogP contribution in [-0.4, -0.2) is 225 Å². The number of hydrogen-bond donors (Lipinski definition) is 3. The minimum absolute atomic E-state index is 0.0382. The lowest BCUT2D eigenvalue weighted by atomic mass is 10.2. The molecule has 3 N–H and O–H groups in total. The van der Waals surface area contributed by atoms with Crippen molar-refractivity contribution in [1.29, 1.82) is 0 Å². The zero-order valence-corrected chi connectivity index (χ0v) is 40.3. The molecule has 5 amide bonds. The number of benzene rings is 1. The number of nitrogens with zero attached hydrogens (tertiary/aromatic N) is 2. The number of imide groups is 1. The van der Waals surface area contributed by atoms with Crippen LogP contribution in [0.4, 0.5) is 10.5 Å². The second-order valence-corrected chi connectivity index (χ2v) is 14.9. The van der Waals surface area contributed by atoms with Gasteiger partial charge in [-0.25, -0.2) is 9.69 Å². The van der Waals surface area contributed by atoms with E-state index in [1.54, 1.807) is 12.1 Å². The number of carbonyl (C=O) groups excluding carboxylic acids is 4. The van der Waals surface area contributed by atoms with E-state index in [0.717, 1.165) is 8.47 Å². The van der Waals surface area contributed by atoms with E-state index >= 15 is 0 Å². The summed E-state index contributed by atoms with van der Waals surface area (Å²) in [6.07, 6.45) is -0.843. The second kappa shape index (κ2) is 39.6. The maximum Gasteiger partial charge on any atom is 0.332 e. The van der Waals surface area contributed by atoms with Crippen LogP contribution in [0.3, 0.4) is 0 Å². The minimum atomic E-state index is -0.983. The Morgan fingerprint density at radius 1 is 0.652 bits per heavy atom. The Morgan fingerprint density at radius 2 is 1.11 bits per heavy atom. The van der Waals surface area contributed by atoms with Crippen molar-refractivity contribution in [2.24, 2.45) is 0 Å². The summed E-state index contributed by atoms with van der Waals surface area (Å²) in [5.41, 5.74) is 0.539. The number of methoxy groups -OCH3 is 2. The van der Waals surface area contributed by atoms with Crippen LogP contribution in [0.25, 0.3) is 0 Å². The third-order valence-electron chi connectivity index (χ3n) is 8.79. The average Bonchev–Trinajstić information content (AvgIpc) is 3.29. The summed E-state index contributed by atoms with van der Waals surface area (Å²) in [5, 5.41) is 13.7.